The number of alkyl halides is 3. The van der Waals surface area contributed by atoms with Gasteiger partial charge in [-0.2, -0.15) is 24.9 Å². The van der Waals surface area contributed by atoms with Crippen LogP contribution in [0.5, 0.6) is 0 Å². The van der Waals surface area contributed by atoms with Crippen molar-refractivity contribution in [3.8, 4) is 0 Å². The standard InChI is InChI=1S/C13H14F3NOS/c14-13(15,16)11-8-10(9-18)2-3-12(11)17-4-1-6-19-7-5-17/h2-3,8-9H,1,4-7H2. The minimum absolute atomic E-state index is 0.0558. The van der Waals surface area contributed by atoms with Gasteiger partial charge >= 0.3 is 6.18 Å². The van der Waals surface area contributed by atoms with E-state index in [1.54, 1.807) is 16.7 Å². The first-order valence-electron chi connectivity index (χ1n) is 6.01. The molecule has 104 valence electrons. The highest BCUT2D eigenvalue weighted by atomic mass is 32.2. The van der Waals surface area contributed by atoms with E-state index in [2.05, 4.69) is 0 Å². The molecule has 1 aliphatic heterocycles. The fourth-order valence-corrected chi connectivity index (χ4v) is 3.00. The first kappa shape index (κ1) is 14.2. The molecule has 1 heterocycles. The van der Waals surface area contributed by atoms with E-state index in [-0.39, 0.29) is 11.3 Å². The molecule has 0 bridgehead atoms. The fraction of sp³-hybridized carbons (Fsp3) is 0.462. The Kier molecular flexibility index (Phi) is 4.39. The first-order valence-corrected chi connectivity index (χ1v) is 7.17. The highest BCUT2D eigenvalue weighted by molar-refractivity contribution is 7.99. The minimum Gasteiger partial charge on any atom is -0.370 e. The second-order valence-corrected chi connectivity index (χ2v) is 5.57. The van der Waals surface area contributed by atoms with Crippen LogP contribution in [0, 0.1) is 0 Å². The summed E-state index contributed by atoms with van der Waals surface area (Å²) in [7, 11) is 0. The maximum Gasteiger partial charge on any atom is 0.418 e. The quantitative estimate of drug-likeness (QED) is 0.778. The molecule has 19 heavy (non-hydrogen) atoms. The Hall–Kier alpha value is -1.17. The van der Waals surface area contributed by atoms with Crippen LogP contribution in [0.2, 0.25) is 0 Å². The van der Waals surface area contributed by atoms with E-state index in [0.29, 0.717) is 19.4 Å². The molecule has 0 N–H and O–H groups in total. The van der Waals surface area contributed by atoms with Gasteiger partial charge in [-0.05, 0) is 30.4 Å². The van der Waals surface area contributed by atoms with Crippen LogP contribution >= 0.6 is 11.8 Å². The SMILES string of the molecule is O=Cc1ccc(N2CCCSCC2)c(C(F)(F)F)c1. The maximum absolute atomic E-state index is 13.1. The number of carbonyl (C=O) groups is 1. The lowest BCUT2D eigenvalue weighted by atomic mass is 10.1. The predicted octanol–water partition coefficient (Wildman–Crippen LogP) is 3.46. The lowest BCUT2D eigenvalue weighted by Crippen LogP contribution is -2.28. The van der Waals surface area contributed by atoms with Crippen molar-refractivity contribution in [3.63, 3.8) is 0 Å². The zero-order chi connectivity index (χ0) is 13.9. The van der Waals surface area contributed by atoms with Crippen LogP contribution in [0.15, 0.2) is 18.2 Å². The van der Waals surface area contributed by atoms with Crippen molar-refractivity contribution >= 4 is 23.7 Å². The topological polar surface area (TPSA) is 20.3 Å². The van der Waals surface area contributed by atoms with Crippen molar-refractivity contribution in [2.24, 2.45) is 0 Å². The van der Waals surface area contributed by atoms with Gasteiger partial charge in [-0.25, -0.2) is 0 Å². The lowest BCUT2D eigenvalue weighted by Gasteiger charge is -2.26. The van der Waals surface area contributed by atoms with Crippen molar-refractivity contribution < 1.29 is 18.0 Å². The highest BCUT2D eigenvalue weighted by Gasteiger charge is 2.35. The molecule has 1 fully saturated rings. The van der Waals surface area contributed by atoms with Gasteiger partial charge in [-0.3, -0.25) is 4.79 Å². The summed E-state index contributed by atoms with van der Waals surface area (Å²) in [6, 6.07) is 3.78. The van der Waals surface area contributed by atoms with E-state index >= 15 is 0 Å². The van der Waals surface area contributed by atoms with Crippen LogP contribution in [0.4, 0.5) is 18.9 Å². The number of benzene rings is 1. The van der Waals surface area contributed by atoms with Crippen molar-refractivity contribution in [2.75, 3.05) is 29.5 Å². The second-order valence-electron chi connectivity index (χ2n) is 4.35. The van der Waals surface area contributed by atoms with Gasteiger partial charge in [0.05, 0.1) is 5.56 Å². The van der Waals surface area contributed by atoms with E-state index in [4.69, 9.17) is 0 Å². The Bertz CT molecular complexity index is 454. The average Bonchev–Trinajstić information content (AvgIpc) is 2.65. The fourth-order valence-electron chi connectivity index (χ4n) is 2.12. The summed E-state index contributed by atoms with van der Waals surface area (Å²) < 4.78 is 39.2. The van der Waals surface area contributed by atoms with Gasteiger partial charge in [0.25, 0.3) is 0 Å². The van der Waals surface area contributed by atoms with Gasteiger partial charge in [0.2, 0.25) is 0 Å². The summed E-state index contributed by atoms with van der Waals surface area (Å²) in [5, 5.41) is 0. The summed E-state index contributed by atoms with van der Waals surface area (Å²) >= 11 is 1.76. The summed E-state index contributed by atoms with van der Waals surface area (Å²) in [5.41, 5.74) is -0.482. The van der Waals surface area contributed by atoms with Crippen LogP contribution in [0.25, 0.3) is 0 Å². The molecule has 0 unspecified atom stereocenters. The Morgan fingerprint density at radius 2 is 2.00 bits per heavy atom. The van der Waals surface area contributed by atoms with Crippen molar-refractivity contribution in [3.05, 3.63) is 29.3 Å². The smallest absolute Gasteiger partial charge is 0.370 e. The van der Waals surface area contributed by atoms with E-state index in [1.165, 1.54) is 12.1 Å². The van der Waals surface area contributed by atoms with Gasteiger partial charge in [0.1, 0.15) is 6.29 Å². The molecule has 1 aromatic carbocycles. The lowest BCUT2D eigenvalue weighted by molar-refractivity contribution is -0.137. The molecule has 0 aliphatic carbocycles. The zero-order valence-electron chi connectivity index (χ0n) is 10.2. The van der Waals surface area contributed by atoms with Crippen LogP contribution in [-0.2, 0) is 6.18 Å². The number of thioether (sulfide) groups is 1. The van der Waals surface area contributed by atoms with Crippen LogP contribution in [0.1, 0.15) is 22.3 Å². The van der Waals surface area contributed by atoms with Crippen molar-refractivity contribution in [1.82, 2.24) is 0 Å². The van der Waals surface area contributed by atoms with Gasteiger partial charge in [0.15, 0.2) is 0 Å². The van der Waals surface area contributed by atoms with Gasteiger partial charge in [-0.15, -0.1) is 0 Å². The van der Waals surface area contributed by atoms with Gasteiger partial charge in [-0.1, -0.05) is 0 Å². The Balaban J connectivity index is 2.40. The second kappa shape index (κ2) is 5.86. The Morgan fingerprint density at radius 3 is 2.68 bits per heavy atom. The summed E-state index contributed by atoms with van der Waals surface area (Å²) in [6.07, 6.45) is -3.12. The normalized spacial score (nSPS) is 17.1. The van der Waals surface area contributed by atoms with Crippen molar-refractivity contribution in [1.29, 1.82) is 0 Å². The number of halogens is 3. The Labute approximate surface area is 114 Å². The molecule has 0 spiro atoms. The number of rotatable bonds is 2. The van der Waals surface area contributed by atoms with Crippen LogP contribution in [0.3, 0.4) is 0 Å². The molecular formula is C13H14F3NOS. The largest absolute Gasteiger partial charge is 0.418 e. The van der Waals surface area contributed by atoms with Crippen LogP contribution in [-0.4, -0.2) is 30.9 Å². The third-order valence-electron chi connectivity index (χ3n) is 3.03. The third kappa shape index (κ3) is 3.43. The molecule has 2 rings (SSSR count). The summed E-state index contributed by atoms with van der Waals surface area (Å²) in [5.74, 6) is 1.80. The monoisotopic (exact) mass is 289 g/mol. The molecule has 1 aliphatic rings. The molecule has 2 nitrogen and oxygen atoms in total. The number of anilines is 1. The van der Waals surface area contributed by atoms with E-state index in [0.717, 1.165) is 24.0 Å². The van der Waals surface area contributed by atoms with E-state index in [9.17, 15) is 18.0 Å². The minimum atomic E-state index is -4.44. The highest BCUT2D eigenvalue weighted by Crippen LogP contribution is 2.37. The summed E-state index contributed by atoms with van der Waals surface area (Å²) in [4.78, 5) is 12.4. The first-order chi connectivity index (χ1) is 9.02. The average molecular weight is 289 g/mol. The third-order valence-corrected chi connectivity index (χ3v) is 4.07. The summed E-state index contributed by atoms with van der Waals surface area (Å²) in [6.45, 7) is 1.23. The number of hydrogen-bond acceptors (Lipinski definition) is 3. The van der Waals surface area contributed by atoms with Crippen molar-refractivity contribution in [2.45, 2.75) is 12.6 Å². The number of nitrogens with zero attached hydrogens (tertiary/aromatic N) is 1. The predicted molar refractivity (Wildman–Crippen MR) is 71.0 cm³/mol. The molecule has 0 aromatic heterocycles. The number of hydrogen-bond donors (Lipinski definition) is 0. The molecule has 6 heteroatoms. The molecule has 0 amide bonds. The van der Waals surface area contributed by atoms with Gasteiger partial charge in [0, 0.05) is 30.1 Å². The Morgan fingerprint density at radius 1 is 1.21 bits per heavy atom. The molecule has 1 aromatic rings. The molecule has 0 atom stereocenters. The number of aldehydes is 1. The molecule has 0 saturated carbocycles. The number of carbonyl (C=O) groups excluding carboxylic acids is 1. The zero-order valence-corrected chi connectivity index (χ0v) is 11.1. The molecule has 1 saturated heterocycles. The van der Waals surface area contributed by atoms with Gasteiger partial charge < -0.3 is 4.90 Å². The van der Waals surface area contributed by atoms with E-state index < -0.39 is 11.7 Å². The van der Waals surface area contributed by atoms with Crippen LogP contribution < -0.4 is 4.90 Å². The molecule has 0 radical (unpaired) electrons. The molecular weight excluding hydrogens is 275 g/mol. The van der Waals surface area contributed by atoms with E-state index in [1.807, 2.05) is 0 Å². The maximum atomic E-state index is 13.1.